The molecule has 4 N–H and O–H groups in total. The quantitative estimate of drug-likeness (QED) is 0.556. The van der Waals surface area contributed by atoms with Gasteiger partial charge in [0.1, 0.15) is 12.4 Å². The minimum Gasteiger partial charge on any atom is -0.489 e. The largest absolute Gasteiger partial charge is 0.489 e. The first-order chi connectivity index (χ1) is 16.1. The van der Waals surface area contributed by atoms with E-state index in [1.807, 2.05) is 19.1 Å². The van der Waals surface area contributed by atoms with Crippen LogP contribution in [0.5, 0.6) is 5.75 Å². The second kappa shape index (κ2) is 10.5. The molecule has 3 heterocycles. The third kappa shape index (κ3) is 5.53. The second-order valence-electron chi connectivity index (χ2n) is 8.28. The highest BCUT2D eigenvalue weighted by Crippen LogP contribution is 2.24. The summed E-state index contributed by atoms with van der Waals surface area (Å²) < 4.78 is 5.76. The number of carbonyl (C=O) groups excluding carboxylic acids is 1. The molecule has 0 saturated heterocycles. The standard InChI is InChI=1S/C25H31N5O3/c1-2-20(9-11-26)27-23-8-7-22-24(28-23)25(32)30(13-14-33-22)17-21(31)16-29-12-10-18-5-3-4-6-19(18)15-29/h2-9,11,21,31H,10,12-17,26H2,1H3,(H,27,28)/b11-9-,20-2+. The lowest BCUT2D eigenvalue weighted by atomic mass is 10.00. The molecule has 1 aromatic carbocycles. The van der Waals surface area contributed by atoms with Gasteiger partial charge in [0.05, 0.1) is 12.6 Å². The normalized spacial score (nSPS) is 17.8. The summed E-state index contributed by atoms with van der Waals surface area (Å²) in [6.07, 6.45) is 5.32. The van der Waals surface area contributed by atoms with Gasteiger partial charge < -0.3 is 25.8 Å². The van der Waals surface area contributed by atoms with Gasteiger partial charge in [0.15, 0.2) is 11.4 Å². The fourth-order valence-corrected chi connectivity index (χ4v) is 4.26. The van der Waals surface area contributed by atoms with Crippen molar-refractivity contribution in [2.75, 3.05) is 38.1 Å². The Morgan fingerprint density at radius 3 is 2.85 bits per heavy atom. The molecule has 1 amide bonds. The van der Waals surface area contributed by atoms with Crippen molar-refractivity contribution < 1.29 is 14.6 Å². The number of aliphatic hydroxyl groups excluding tert-OH is 1. The predicted molar refractivity (Wildman–Crippen MR) is 128 cm³/mol. The third-order valence-corrected chi connectivity index (χ3v) is 5.94. The Morgan fingerprint density at radius 2 is 2.06 bits per heavy atom. The number of nitrogens with two attached hydrogens (primary N) is 1. The molecule has 2 aliphatic heterocycles. The highest BCUT2D eigenvalue weighted by atomic mass is 16.5. The fraction of sp³-hybridized carbons (Fsp3) is 0.360. The summed E-state index contributed by atoms with van der Waals surface area (Å²) >= 11 is 0. The van der Waals surface area contributed by atoms with E-state index in [4.69, 9.17) is 10.5 Å². The monoisotopic (exact) mass is 449 g/mol. The van der Waals surface area contributed by atoms with Gasteiger partial charge in [0.2, 0.25) is 0 Å². The van der Waals surface area contributed by atoms with Crippen molar-refractivity contribution in [1.82, 2.24) is 14.8 Å². The van der Waals surface area contributed by atoms with E-state index in [9.17, 15) is 9.90 Å². The Labute approximate surface area is 194 Å². The molecule has 1 unspecified atom stereocenters. The molecule has 0 radical (unpaired) electrons. The molecule has 1 aromatic heterocycles. The molecule has 0 fully saturated rings. The van der Waals surface area contributed by atoms with Crippen LogP contribution in [-0.4, -0.2) is 64.7 Å². The summed E-state index contributed by atoms with van der Waals surface area (Å²) in [6.45, 7) is 5.08. The maximum Gasteiger partial charge on any atom is 0.276 e. The summed E-state index contributed by atoms with van der Waals surface area (Å²) in [7, 11) is 0. The number of pyridine rings is 1. The number of nitrogens with zero attached hydrogens (tertiary/aromatic N) is 3. The smallest absolute Gasteiger partial charge is 0.276 e. The second-order valence-corrected chi connectivity index (χ2v) is 8.28. The van der Waals surface area contributed by atoms with Gasteiger partial charge in [-0.3, -0.25) is 9.69 Å². The molecule has 2 aliphatic rings. The molecule has 2 aromatic rings. The molecule has 8 nitrogen and oxygen atoms in total. The van der Waals surface area contributed by atoms with Crippen LogP contribution in [0.4, 0.5) is 5.82 Å². The summed E-state index contributed by atoms with van der Waals surface area (Å²) in [6, 6.07) is 11.9. The number of aromatic nitrogens is 1. The Hall–Kier alpha value is -3.36. The van der Waals surface area contributed by atoms with E-state index in [0.29, 0.717) is 31.3 Å². The number of nitrogens with one attached hydrogen (secondary N) is 1. The summed E-state index contributed by atoms with van der Waals surface area (Å²) in [5.74, 6) is 0.725. The van der Waals surface area contributed by atoms with Crippen LogP contribution < -0.4 is 15.8 Å². The van der Waals surface area contributed by atoms with Crippen LogP contribution in [0.2, 0.25) is 0 Å². The molecular weight excluding hydrogens is 418 g/mol. The summed E-state index contributed by atoms with van der Waals surface area (Å²) in [5.41, 5.74) is 9.16. The lowest BCUT2D eigenvalue weighted by Crippen LogP contribution is -2.44. The zero-order valence-corrected chi connectivity index (χ0v) is 18.9. The first-order valence-electron chi connectivity index (χ1n) is 11.3. The van der Waals surface area contributed by atoms with Gasteiger partial charge in [-0.1, -0.05) is 30.3 Å². The Kier molecular flexibility index (Phi) is 7.26. The van der Waals surface area contributed by atoms with E-state index in [2.05, 4.69) is 33.4 Å². The zero-order valence-electron chi connectivity index (χ0n) is 18.9. The number of benzene rings is 1. The van der Waals surface area contributed by atoms with Crippen molar-refractivity contribution in [3.05, 3.63) is 77.3 Å². The van der Waals surface area contributed by atoms with E-state index in [1.165, 1.54) is 17.3 Å². The van der Waals surface area contributed by atoms with Crippen LogP contribution in [0.1, 0.15) is 28.5 Å². The predicted octanol–water partition coefficient (Wildman–Crippen LogP) is 2.12. The van der Waals surface area contributed by atoms with Gasteiger partial charge in [0, 0.05) is 31.9 Å². The van der Waals surface area contributed by atoms with Crippen LogP contribution in [0.15, 0.2) is 60.4 Å². The van der Waals surface area contributed by atoms with Crippen molar-refractivity contribution in [2.24, 2.45) is 5.73 Å². The fourth-order valence-electron chi connectivity index (χ4n) is 4.26. The number of amides is 1. The van der Waals surface area contributed by atoms with Crippen molar-refractivity contribution in [1.29, 1.82) is 0 Å². The number of fused-ring (bicyclic) bond motifs is 2. The highest BCUT2D eigenvalue weighted by molar-refractivity contribution is 5.95. The van der Waals surface area contributed by atoms with Crippen molar-refractivity contribution in [2.45, 2.75) is 26.0 Å². The number of β-amino-alcohol motifs (C(OH)–C–C–N with tert-alkyl or cyclic N) is 1. The molecule has 33 heavy (non-hydrogen) atoms. The first-order valence-corrected chi connectivity index (χ1v) is 11.3. The summed E-state index contributed by atoms with van der Waals surface area (Å²) in [5, 5.41) is 13.9. The number of carbonyl (C=O) groups is 1. The van der Waals surface area contributed by atoms with Crippen LogP contribution in [0, 0.1) is 0 Å². The van der Waals surface area contributed by atoms with Gasteiger partial charge in [0.25, 0.3) is 5.91 Å². The Bertz CT molecular complexity index is 1050. The molecule has 4 rings (SSSR count). The number of hydrogen-bond acceptors (Lipinski definition) is 7. The van der Waals surface area contributed by atoms with Crippen LogP contribution in [0.3, 0.4) is 0 Å². The highest BCUT2D eigenvalue weighted by Gasteiger charge is 2.28. The van der Waals surface area contributed by atoms with Crippen molar-refractivity contribution in [3.8, 4) is 5.75 Å². The van der Waals surface area contributed by atoms with Crippen molar-refractivity contribution in [3.63, 3.8) is 0 Å². The minimum atomic E-state index is -0.661. The maximum absolute atomic E-state index is 13.2. The van der Waals surface area contributed by atoms with E-state index < -0.39 is 6.10 Å². The van der Waals surface area contributed by atoms with Gasteiger partial charge in [-0.25, -0.2) is 4.98 Å². The van der Waals surface area contributed by atoms with Gasteiger partial charge in [-0.2, -0.15) is 0 Å². The zero-order chi connectivity index (χ0) is 23.2. The third-order valence-electron chi connectivity index (χ3n) is 5.94. The van der Waals surface area contributed by atoms with E-state index in [-0.39, 0.29) is 18.1 Å². The summed E-state index contributed by atoms with van der Waals surface area (Å²) in [4.78, 5) is 21.6. The van der Waals surface area contributed by atoms with Gasteiger partial charge in [-0.15, -0.1) is 0 Å². The van der Waals surface area contributed by atoms with Crippen LogP contribution in [-0.2, 0) is 13.0 Å². The molecule has 0 saturated carbocycles. The first kappa shape index (κ1) is 22.8. The lowest BCUT2D eigenvalue weighted by molar-refractivity contribution is 0.0498. The van der Waals surface area contributed by atoms with E-state index in [1.54, 1.807) is 23.1 Å². The molecule has 0 spiro atoms. The number of rotatable bonds is 7. The van der Waals surface area contributed by atoms with Crippen LogP contribution >= 0.6 is 0 Å². The number of allylic oxidation sites excluding steroid dienone is 2. The minimum absolute atomic E-state index is 0.231. The molecule has 0 bridgehead atoms. The molecule has 174 valence electrons. The average molecular weight is 450 g/mol. The SMILES string of the molecule is C/C=C(\C=C/N)Nc1ccc2c(n1)C(=O)N(CC(O)CN1CCc3ccccc3C1)CCO2. The van der Waals surface area contributed by atoms with E-state index in [0.717, 1.165) is 25.2 Å². The average Bonchev–Trinajstić information content (AvgIpc) is 2.97. The molecule has 0 aliphatic carbocycles. The number of hydrogen-bond donors (Lipinski definition) is 3. The number of anilines is 1. The van der Waals surface area contributed by atoms with E-state index >= 15 is 0 Å². The van der Waals surface area contributed by atoms with Gasteiger partial charge in [-0.05, 0) is 48.9 Å². The topological polar surface area (TPSA) is 104 Å². The molecular formula is C25H31N5O3. The van der Waals surface area contributed by atoms with Gasteiger partial charge >= 0.3 is 0 Å². The molecule has 1 atom stereocenters. The Balaban J connectivity index is 1.41. The molecule has 8 heteroatoms. The Morgan fingerprint density at radius 1 is 1.24 bits per heavy atom. The lowest BCUT2D eigenvalue weighted by Gasteiger charge is -2.31. The van der Waals surface area contributed by atoms with Crippen molar-refractivity contribution >= 4 is 11.7 Å². The number of aliphatic hydroxyl groups is 1. The maximum atomic E-state index is 13.2. The van der Waals surface area contributed by atoms with Crippen LogP contribution in [0.25, 0.3) is 0 Å². The number of ether oxygens (including phenoxy) is 1.